The summed E-state index contributed by atoms with van der Waals surface area (Å²) < 4.78 is 57.3. The van der Waals surface area contributed by atoms with Gasteiger partial charge in [-0.3, -0.25) is 4.90 Å². The van der Waals surface area contributed by atoms with Gasteiger partial charge in [0.15, 0.2) is 11.6 Å². The first-order valence-electron chi connectivity index (χ1n) is 12.9. The van der Waals surface area contributed by atoms with Crippen LogP contribution in [0, 0.1) is 5.82 Å². The van der Waals surface area contributed by atoms with Crippen LogP contribution in [-0.4, -0.2) is 91.2 Å². The molecule has 2 unspecified atom stereocenters. The van der Waals surface area contributed by atoms with E-state index in [1.165, 1.54) is 7.11 Å². The second-order valence-electron chi connectivity index (χ2n) is 9.31. The molecule has 1 aromatic heterocycles. The van der Waals surface area contributed by atoms with E-state index in [0.717, 1.165) is 82.4 Å². The fourth-order valence-electron chi connectivity index (χ4n) is 4.74. The zero-order valence-corrected chi connectivity index (χ0v) is 22.1. The fraction of sp³-hybridized carbons (Fsp3) is 0.577. The third-order valence-corrected chi connectivity index (χ3v) is 6.82. The van der Waals surface area contributed by atoms with Crippen molar-refractivity contribution in [3.05, 3.63) is 42.0 Å². The first-order valence-corrected chi connectivity index (χ1v) is 12.9. The lowest BCUT2D eigenvalue weighted by molar-refractivity contribution is -0.192. The number of carbonyl (C=O) groups is 1. The topological polar surface area (TPSA) is 100 Å². The number of anilines is 2. The predicted octanol–water partition coefficient (Wildman–Crippen LogP) is 4.16. The number of carboxylic acid groups (broad SMARTS) is 1. The van der Waals surface area contributed by atoms with Crippen LogP contribution in [0.15, 0.2) is 30.6 Å². The molecule has 0 spiro atoms. The second-order valence-corrected chi connectivity index (χ2v) is 9.31. The van der Waals surface area contributed by atoms with E-state index in [2.05, 4.69) is 32.0 Å². The van der Waals surface area contributed by atoms with Gasteiger partial charge in [-0.25, -0.2) is 19.2 Å². The molecule has 2 atom stereocenters. The number of hydrogen-bond acceptors (Lipinski definition) is 8. The molecule has 39 heavy (non-hydrogen) atoms. The minimum absolute atomic E-state index is 0.109. The Kier molecular flexibility index (Phi) is 11.1. The maximum Gasteiger partial charge on any atom is 0.490 e. The number of hydrogen-bond donors (Lipinski definition) is 2. The number of aromatic nitrogens is 2. The van der Waals surface area contributed by atoms with Gasteiger partial charge in [-0.05, 0) is 30.9 Å². The highest BCUT2D eigenvalue weighted by atomic mass is 19.4. The molecule has 2 aromatic rings. The van der Waals surface area contributed by atoms with Gasteiger partial charge in [0.25, 0.3) is 0 Å². The summed E-state index contributed by atoms with van der Waals surface area (Å²) in [5, 5.41) is 10.6. The molecular weight excluding hydrogens is 522 g/mol. The Bertz CT molecular complexity index is 1070. The van der Waals surface area contributed by atoms with Crippen molar-refractivity contribution in [2.75, 3.05) is 63.3 Å². The summed E-state index contributed by atoms with van der Waals surface area (Å²) >= 11 is 0. The lowest BCUT2D eigenvalue weighted by Gasteiger charge is -2.35. The third kappa shape index (κ3) is 8.65. The number of benzene rings is 1. The van der Waals surface area contributed by atoms with Crippen LogP contribution in [0.1, 0.15) is 37.7 Å². The maximum atomic E-state index is 14.8. The molecule has 3 heterocycles. The van der Waals surface area contributed by atoms with E-state index in [-0.39, 0.29) is 11.7 Å². The zero-order chi connectivity index (χ0) is 28.4. The molecule has 0 saturated carbocycles. The highest BCUT2D eigenvalue weighted by Crippen LogP contribution is 2.33. The molecule has 1 aromatic carbocycles. The Morgan fingerprint density at radius 2 is 2.05 bits per heavy atom. The average Bonchev–Trinajstić information content (AvgIpc) is 2.93. The van der Waals surface area contributed by atoms with Gasteiger partial charge >= 0.3 is 12.1 Å². The SMILES string of the molecule is CCC1COCCN1CCNc1cc(N2CCCC(c3cccc(OC)c3F)C2)ncn1.O=C(O)C(F)(F)F. The minimum atomic E-state index is -5.08. The normalized spacial score (nSPS) is 20.1. The highest BCUT2D eigenvalue weighted by Gasteiger charge is 2.38. The Morgan fingerprint density at radius 1 is 1.28 bits per heavy atom. The number of methoxy groups -OCH3 is 1. The smallest absolute Gasteiger partial charge is 0.490 e. The summed E-state index contributed by atoms with van der Waals surface area (Å²) in [7, 11) is 1.51. The number of piperidine rings is 1. The Balaban J connectivity index is 0.000000532. The molecule has 0 aliphatic carbocycles. The van der Waals surface area contributed by atoms with Crippen molar-refractivity contribution in [2.24, 2.45) is 0 Å². The number of ether oxygens (including phenoxy) is 2. The largest absolute Gasteiger partial charge is 0.494 e. The summed E-state index contributed by atoms with van der Waals surface area (Å²) in [5.41, 5.74) is 0.720. The van der Waals surface area contributed by atoms with Crippen molar-refractivity contribution < 1.29 is 36.9 Å². The van der Waals surface area contributed by atoms with Crippen LogP contribution in [0.4, 0.5) is 29.2 Å². The zero-order valence-electron chi connectivity index (χ0n) is 22.1. The molecule has 2 saturated heterocycles. The molecule has 2 fully saturated rings. The van der Waals surface area contributed by atoms with Gasteiger partial charge in [0.05, 0.1) is 20.3 Å². The van der Waals surface area contributed by atoms with E-state index in [1.807, 2.05) is 18.2 Å². The van der Waals surface area contributed by atoms with Gasteiger partial charge < -0.3 is 24.8 Å². The van der Waals surface area contributed by atoms with Crippen LogP contribution in [0.3, 0.4) is 0 Å². The molecule has 0 amide bonds. The number of alkyl halides is 3. The van der Waals surface area contributed by atoms with Crippen LogP contribution in [0.2, 0.25) is 0 Å². The molecule has 2 N–H and O–H groups in total. The first-order chi connectivity index (χ1) is 18.6. The van der Waals surface area contributed by atoms with Crippen LogP contribution in [0.25, 0.3) is 0 Å². The number of aliphatic carboxylic acids is 1. The lowest BCUT2D eigenvalue weighted by atomic mass is 9.90. The highest BCUT2D eigenvalue weighted by molar-refractivity contribution is 5.73. The molecular formula is C26H35F4N5O4. The summed E-state index contributed by atoms with van der Waals surface area (Å²) in [6.07, 6.45) is -0.433. The molecule has 216 valence electrons. The monoisotopic (exact) mass is 557 g/mol. The van der Waals surface area contributed by atoms with Gasteiger partial charge in [-0.15, -0.1) is 0 Å². The average molecular weight is 558 g/mol. The molecule has 13 heteroatoms. The van der Waals surface area contributed by atoms with Crippen molar-refractivity contribution in [3.8, 4) is 5.75 Å². The molecule has 0 bridgehead atoms. The van der Waals surface area contributed by atoms with Crippen LogP contribution >= 0.6 is 0 Å². The fourth-order valence-corrected chi connectivity index (χ4v) is 4.74. The van der Waals surface area contributed by atoms with E-state index in [1.54, 1.807) is 12.4 Å². The van der Waals surface area contributed by atoms with Crippen LogP contribution in [-0.2, 0) is 9.53 Å². The van der Waals surface area contributed by atoms with E-state index in [0.29, 0.717) is 11.8 Å². The Labute approximate surface area is 225 Å². The standard InChI is InChI=1S/C24H34FN5O2.C2HF3O2/c1-3-19-16-32-13-12-29(19)11-9-26-22-14-23(28-17-27-22)30-10-5-6-18(15-30)20-7-4-8-21(31-2)24(20)25;3-2(4,5)1(6)7/h4,7-8,14,17-19H,3,5-6,9-13,15-16H2,1-2H3,(H,26,27,28);(H,6,7). The Morgan fingerprint density at radius 3 is 2.74 bits per heavy atom. The molecule has 2 aliphatic heterocycles. The van der Waals surface area contributed by atoms with Crippen molar-refractivity contribution in [2.45, 2.75) is 44.3 Å². The second kappa shape index (κ2) is 14.3. The van der Waals surface area contributed by atoms with E-state index in [9.17, 15) is 17.6 Å². The summed E-state index contributed by atoms with van der Waals surface area (Å²) in [5.74, 6) is -0.886. The van der Waals surface area contributed by atoms with Crippen molar-refractivity contribution in [3.63, 3.8) is 0 Å². The van der Waals surface area contributed by atoms with Gasteiger partial charge in [0.1, 0.15) is 18.0 Å². The third-order valence-electron chi connectivity index (χ3n) is 6.82. The first kappa shape index (κ1) is 30.4. The predicted molar refractivity (Wildman–Crippen MR) is 138 cm³/mol. The van der Waals surface area contributed by atoms with Crippen molar-refractivity contribution >= 4 is 17.6 Å². The number of morpholine rings is 1. The van der Waals surface area contributed by atoms with Crippen molar-refractivity contribution in [1.82, 2.24) is 14.9 Å². The summed E-state index contributed by atoms with van der Waals surface area (Å²) in [4.78, 5) is 22.5. The van der Waals surface area contributed by atoms with Crippen LogP contribution in [0.5, 0.6) is 5.75 Å². The summed E-state index contributed by atoms with van der Waals surface area (Å²) in [6.45, 7) is 8.23. The quantitative estimate of drug-likeness (QED) is 0.464. The van der Waals surface area contributed by atoms with E-state index in [4.69, 9.17) is 19.4 Å². The lowest BCUT2D eigenvalue weighted by Crippen LogP contribution is -2.46. The molecule has 0 radical (unpaired) electrons. The van der Waals surface area contributed by atoms with E-state index >= 15 is 0 Å². The molecule has 2 aliphatic rings. The van der Waals surface area contributed by atoms with Gasteiger partial charge in [-0.1, -0.05) is 19.1 Å². The van der Waals surface area contributed by atoms with E-state index < -0.39 is 12.1 Å². The van der Waals surface area contributed by atoms with Crippen molar-refractivity contribution in [1.29, 1.82) is 0 Å². The number of halogens is 4. The Hall–Kier alpha value is -3.19. The van der Waals surface area contributed by atoms with Gasteiger partial charge in [-0.2, -0.15) is 13.2 Å². The maximum absolute atomic E-state index is 14.8. The van der Waals surface area contributed by atoms with Gasteiger partial charge in [0.2, 0.25) is 0 Å². The summed E-state index contributed by atoms with van der Waals surface area (Å²) in [6, 6.07) is 7.89. The number of carboxylic acids is 1. The number of nitrogens with one attached hydrogen (secondary N) is 1. The van der Waals surface area contributed by atoms with Gasteiger partial charge in [0, 0.05) is 50.7 Å². The number of rotatable bonds is 8. The number of nitrogens with zero attached hydrogens (tertiary/aromatic N) is 4. The molecule has 9 nitrogen and oxygen atoms in total. The van der Waals surface area contributed by atoms with Crippen LogP contribution < -0.4 is 15.0 Å². The minimum Gasteiger partial charge on any atom is -0.494 e. The molecule has 4 rings (SSSR count).